The highest BCUT2D eigenvalue weighted by molar-refractivity contribution is 14.1. The summed E-state index contributed by atoms with van der Waals surface area (Å²) in [6.07, 6.45) is 6.08. The van der Waals surface area contributed by atoms with E-state index in [9.17, 15) is 9.18 Å². The molecule has 32 heavy (non-hydrogen) atoms. The number of fused-ring (bicyclic) bond motifs is 1. The van der Waals surface area contributed by atoms with Gasteiger partial charge in [0.2, 0.25) is 0 Å². The van der Waals surface area contributed by atoms with Crippen LogP contribution in [0, 0.1) is 9.39 Å². The lowest BCUT2D eigenvalue weighted by Crippen LogP contribution is -2.24. The lowest BCUT2D eigenvalue weighted by atomic mass is 10.2. The molecule has 0 spiro atoms. The minimum atomic E-state index is -0.494. The number of anilines is 2. The lowest BCUT2D eigenvalue weighted by molar-refractivity contribution is -0.163. The van der Waals surface area contributed by atoms with E-state index in [2.05, 4.69) is 32.9 Å². The molecule has 0 amide bonds. The Morgan fingerprint density at radius 1 is 1.38 bits per heavy atom. The molecule has 1 unspecified atom stereocenters. The molecule has 0 saturated carbocycles. The van der Waals surface area contributed by atoms with Gasteiger partial charge in [-0.15, -0.1) is 0 Å². The van der Waals surface area contributed by atoms with Crippen molar-refractivity contribution < 1.29 is 23.4 Å². The van der Waals surface area contributed by atoms with E-state index in [1.807, 2.05) is 10.6 Å². The average molecular weight is 553 g/mol. The van der Waals surface area contributed by atoms with Gasteiger partial charge in [0.05, 0.1) is 30.1 Å². The first-order valence-electron chi connectivity index (χ1n) is 10.7. The zero-order valence-electron chi connectivity index (χ0n) is 17.8. The fourth-order valence-electron chi connectivity index (χ4n) is 3.81. The summed E-state index contributed by atoms with van der Waals surface area (Å²) in [7, 11) is 0. The van der Waals surface area contributed by atoms with Crippen LogP contribution in [0.25, 0.3) is 10.9 Å². The van der Waals surface area contributed by atoms with Crippen LogP contribution in [0.2, 0.25) is 0 Å². The summed E-state index contributed by atoms with van der Waals surface area (Å²) in [5.41, 5.74) is 1.82. The molecule has 2 aromatic heterocycles. The number of aromatic nitrogens is 2. The summed E-state index contributed by atoms with van der Waals surface area (Å²) >= 11 is 2.05. The Hall–Kier alpha value is -2.24. The van der Waals surface area contributed by atoms with Crippen LogP contribution >= 0.6 is 22.6 Å². The third kappa shape index (κ3) is 5.05. The summed E-state index contributed by atoms with van der Waals surface area (Å²) < 4.78 is 34.1. The topological polar surface area (TPSA) is 74.6 Å². The third-order valence-electron chi connectivity index (χ3n) is 5.28. The highest BCUT2D eigenvalue weighted by Gasteiger charge is 2.25. The van der Waals surface area contributed by atoms with Gasteiger partial charge < -0.3 is 24.1 Å². The van der Waals surface area contributed by atoms with E-state index < -0.39 is 11.8 Å². The Kier molecular flexibility index (Phi) is 7.59. The number of halogens is 2. The van der Waals surface area contributed by atoms with E-state index in [0.717, 1.165) is 28.3 Å². The summed E-state index contributed by atoms with van der Waals surface area (Å²) in [6, 6.07) is 6.70. The molecule has 4 rings (SSSR count). The first-order chi connectivity index (χ1) is 15.6. The molecule has 3 heterocycles. The number of pyridine rings is 1. The van der Waals surface area contributed by atoms with E-state index in [1.165, 1.54) is 6.07 Å². The summed E-state index contributed by atoms with van der Waals surface area (Å²) in [5, 5.41) is 3.80. The average Bonchev–Trinajstić information content (AvgIpc) is 3.10. The number of carbonyl (C=O) groups is 1. The lowest BCUT2D eigenvalue weighted by Gasteiger charge is -2.23. The van der Waals surface area contributed by atoms with Crippen LogP contribution in [-0.2, 0) is 20.8 Å². The molecular formula is C23H25FIN3O4. The van der Waals surface area contributed by atoms with Gasteiger partial charge in [0.25, 0.3) is 0 Å². The minimum Gasteiger partial charge on any atom is -0.461 e. The molecule has 3 aromatic rings. The SMILES string of the molecule is CCOC(=O)c1c(Nc2ccc(I)cc2F)c2cnccc2n1CCOC1CCCCO1. The Morgan fingerprint density at radius 2 is 2.25 bits per heavy atom. The van der Waals surface area contributed by atoms with Crippen LogP contribution in [0.1, 0.15) is 36.7 Å². The number of ether oxygens (including phenoxy) is 3. The number of hydrogen-bond donors (Lipinski definition) is 1. The molecule has 1 aliphatic heterocycles. The van der Waals surface area contributed by atoms with Gasteiger partial charge in [0, 0.05) is 34.5 Å². The van der Waals surface area contributed by atoms with Crippen LogP contribution in [-0.4, -0.2) is 41.6 Å². The smallest absolute Gasteiger partial charge is 0.357 e. The highest BCUT2D eigenvalue weighted by Crippen LogP contribution is 2.34. The summed E-state index contributed by atoms with van der Waals surface area (Å²) in [6.45, 7) is 3.45. The van der Waals surface area contributed by atoms with Gasteiger partial charge in [-0.25, -0.2) is 9.18 Å². The van der Waals surface area contributed by atoms with Crippen LogP contribution in [0.5, 0.6) is 0 Å². The first kappa shape index (κ1) is 22.9. The second kappa shape index (κ2) is 10.6. The van der Waals surface area contributed by atoms with Gasteiger partial charge in [-0.1, -0.05) is 0 Å². The van der Waals surface area contributed by atoms with E-state index in [-0.39, 0.29) is 18.6 Å². The minimum absolute atomic E-state index is 0.225. The van der Waals surface area contributed by atoms with Gasteiger partial charge in [-0.3, -0.25) is 4.98 Å². The van der Waals surface area contributed by atoms with E-state index in [0.29, 0.717) is 36.5 Å². The molecule has 1 atom stereocenters. The largest absolute Gasteiger partial charge is 0.461 e. The molecule has 1 saturated heterocycles. The Labute approximate surface area is 199 Å². The molecule has 1 fully saturated rings. The van der Waals surface area contributed by atoms with Gasteiger partial charge >= 0.3 is 5.97 Å². The zero-order valence-corrected chi connectivity index (χ0v) is 19.9. The van der Waals surface area contributed by atoms with E-state index >= 15 is 0 Å². The van der Waals surface area contributed by atoms with Crippen molar-refractivity contribution in [2.75, 3.05) is 25.1 Å². The first-order valence-corrected chi connectivity index (χ1v) is 11.7. The molecule has 9 heteroatoms. The van der Waals surface area contributed by atoms with Crippen molar-refractivity contribution in [3.8, 4) is 0 Å². The second-order valence-corrected chi connectivity index (χ2v) is 8.65. The second-order valence-electron chi connectivity index (χ2n) is 7.40. The molecular weight excluding hydrogens is 528 g/mol. The van der Waals surface area contributed by atoms with Crippen molar-refractivity contribution in [1.82, 2.24) is 9.55 Å². The number of nitrogens with one attached hydrogen (secondary N) is 1. The van der Waals surface area contributed by atoms with Crippen LogP contribution in [0.15, 0.2) is 36.7 Å². The summed E-state index contributed by atoms with van der Waals surface area (Å²) in [5.74, 6) is -0.902. The molecule has 1 aliphatic rings. The molecule has 0 radical (unpaired) electrons. The molecule has 0 bridgehead atoms. The maximum absolute atomic E-state index is 14.6. The normalized spacial score (nSPS) is 16.3. The summed E-state index contributed by atoms with van der Waals surface area (Å²) in [4.78, 5) is 17.2. The molecule has 1 aromatic carbocycles. The van der Waals surface area contributed by atoms with Crippen molar-refractivity contribution in [3.63, 3.8) is 0 Å². The number of nitrogens with zero attached hydrogens (tertiary/aromatic N) is 2. The van der Waals surface area contributed by atoms with Gasteiger partial charge in [0.1, 0.15) is 5.82 Å². The van der Waals surface area contributed by atoms with Crippen molar-refractivity contribution >= 4 is 50.8 Å². The maximum Gasteiger partial charge on any atom is 0.357 e. The molecule has 170 valence electrons. The van der Waals surface area contributed by atoms with Gasteiger partial charge in [0.15, 0.2) is 12.0 Å². The number of esters is 1. The Morgan fingerprint density at radius 3 is 3.00 bits per heavy atom. The quantitative estimate of drug-likeness (QED) is 0.304. The van der Waals surface area contributed by atoms with E-state index in [1.54, 1.807) is 31.5 Å². The van der Waals surface area contributed by atoms with E-state index in [4.69, 9.17) is 14.2 Å². The zero-order chi connectivity index (χ0) is 22.5. The Bertz CT molecular complexity index is 1100. The third-order valence-corrected chi connectivity index (χ3v) is 5.95. The fraction of sp³-hybridized carbons (Fsp3) is 0.391. The van der Waals surface area contributed by atoms with Crippen LogP contribution in [0.3, 0.4) is 0 Å². The number of rotatable bonds is 8. The van der Waals surface area contributed by atoms with Crippen molar-refractivity contribution in [2.24, 2.45) is 0 Å². The van der Waals surface area contributed by atoms with Crippen molar-refractivity contribution in [1.29, 1.82) is 0 Å². The predicted molar refractivity (Wildman–Crippen MR) is 128 cm³/mol. The van der Waals surface area contributed by atoms with Gasteiger partial charge in [-0.05, 0) is 73.0 Å². The van der Waals surface area contributed by atoms with Gasteiger partial charge in [-0.2, -0.15) is 0 Å². The monoisotopic (exact) mass is 553 g/mol. The number of benzene rings is 1. The number of hydrogen-bond acceptors (Lipinski definition) is 6. The van der Waals surface area contributed by atoms with Crippen LogP contribution < -0.4 is 5.32 Å². The van der Waals surface area contributed by atoms with Crippen LogP contribution in [0.4, 0.5) is 15.8 Å². The Balaban J connectivity index is 1.70. The highest BCUT2D eigenvalue weighted by atomic mass is 127. The standard InChI is InChI=1S/C23H25FIN3O4/c1-2-30-23(29)22-21(27-18-7-6-15(25)13-17(18)24)16-14-26-9-8-19(16)28(22)10-12-32-20-5-3-4-11-31-20/h6-9,13-14,20,27H,2-5,10-12H2,1H3. The maximum atomic E-state index is 14.6. The number of carbonyl (C=O) groups excluding carboxylic acids is 1. The fourth-order valence-corrected chi connectivity index (χ4v) is 4.27. The van der Waals surface area contributed by atoms with Crippen molar-refractivity contribution in [2.45, 2.75) is 39.0 Å². The molecule has 7 nitrogen and oxygen atoms in total. The molecule has 1 N–H and O–H groups in total. The molecule has 0 aliphatic carbocycles. The predicted octanol–water partition coefficient (Wildman–Crippen LogP) is 5.24. The van der Waals surface area contributed by atoms with Crippen molar-refractivity contribution in [3.05, 3.63) is 51.7 Å².